The molecular weight excluding hydrogens is 332 g/mol. The van der Waals surface area contributed by atoms with Crippen molar-refractivity contribution in [2.75, 3.05) is 26.8 Å². The Kier molecular flexibility index (Phi) is 6.84. The number of ether oxygens (including phenoxy) is 1. The molecule has 1 aromatic carbocycles. The predicted molar refractivity (Wildman–Crippen MR) is 89.8 cm³/mol. The lowest BCUT2D eigenvalue weighted by Gasteiger charge is -2.21. The second kappa shape index (κ2) is 9.10. The lowest BCUT2D eigenvalue weighted by atomic mass is 10.2. The van der Waals surface area contributed by atoms with Crippen molar-refractivity contribution in [3.63, 3.8) is 0 Å². The number of furan rings is 1. The minimum atomic E-state index is -0.351. The van der Waals surface area contributed by atoms with E-state index in [4.69, 9.17) is 20.8 Å². The summed E-state index contributed by atoms with van der Waals surface area (Å²) in [7, 11) is 1.57. The van der Waals surface area contributed by atoms with Crippen molar-refractivity contribution in [1.29, 1.82) is 0 Å². The van der Waals surface area contributed by atoms with E-state index in [9.17, 15) is 9.59 Å². The number of nitrogens with one attached hydrogen (secondary N) is 1. The molecule has 128 valence electrons. The van der Waals surface area contributed by atoms with Crippen LogP contribution < -0.4 is 5.32 Å². The van der Waals surface area contributed by atoms with Gasteiger partial charge in [-0.1, -0.05) is 17.7 Å². The van der Waals surface area contributed by atoms with E-state index in [0.717, 1.165) is 0 Å². The molecule has 0 saturated carbocycles. The lowest BCUT2D eigenvalue weighted by molar-refractivity contribution is -0.131. The Balaban J connectivity index is 1.92. The van der Waals surface area contributed by atoms with Crippen molar-refractivity contribution < 1.29 is 18.7 Å². The summed E-state index contributed by atoms with van der Waals surface area (Å²) in [6, 6.07) is 10.1. The minimum Gasteiger partial charge on any atom is -0.467 e. The molecule has 2 amide bonds. The first-order valence-corrected chi connectivity index (χ1v) is 7.81. The fourth-order valence-electron chi connectivity index (χ4n) is 2.08. The number of methoxy groups -OCH3 is 1. The van der Waals surface area contributed by atoms with E-state index in [2.05, 4.69) is 5.32 Å². The summed E-state index contributed by atoms with van der Waals surface area (Å²) in [4.78, 5) is 26.0. The molecule has 0 fully saturated rings. The van der Waals surface area contributed by atoms with Crippen molar-refractivity contribution in [1.82, 2.24) is 10.2 Å². The highest BCUT2D eigenvalue weighted by molar-refractivity contribution is 6.30. The molecule has 1 aromatic heterocycles. The molecule has 7 heteroatoms. The van der Waals surface area contributed by atoms with Crippen molar-refractivity contribution in [3.05, 3.63) is 59.0 Å². The number of hydrogen-bond acceptors (Lipinski definition) is 4. The third-order valence-electron chi connectivity index (χ3n) is 3.33. The number of nitrogens with zero attached hydrogens (tertiary/aromatic N) is 1. The SMILES string of the molecule is COCCN(Cc1ccco1)C(=O)CNC(=O)c1cccc(Cl)c1. The first-order valence-electron chi connectivity index (χ1n) is 7.43. The molecule has 2 aromatic rings. The minimum absolute atomic E-state index is 0.115. The number of rotatable bonds is 8. The molecule has 0 bridgehead atoms. The number of carbonyl (C=O) groups excluding carboxylic acids is 2. The van der Waals surface area contributed by atoms with Crippen LogP contribution >= 0.6 is 11.6 Å². The molecule has 0 aliphatic rings. The fraction of sp³-hybridized carbons (Fsp3) is 0.294. The number of amides is 2. The summed E-state index contributed by atoms with van der Waals surface area (Å²) in [5, 5.41) is 3.07. The first kappa shape index (κ1) is 18.0. The third-order valence-corrected chi connectivity index (χ3v) is 3.57. The van der Waals surface area contributed by atoms with Crippen LogP contribution in [0.25, 0.3) is 0 Å². The molecule has 1 N–H and O–H groups in total. The molecule has 0 atom stereocenters. The average molecular weight is 351 g/mol. The zero-order valence-corrected chi connectivity index (χ0v) is 14.1. The number of halogens is 1. The predicted octanol–water partition coefficient (Wildman–Crippen LogP) is 2.34. The Morgan fingerprint density at radius 3 is 2.79 bits per heavy atom. The van der Waals surface area contributed by atoms with Crippen LogP contribution in [0.5, 0.6) is 0 Å². The second-order valence-corrected chi connectivity index (χ2v) is 5.52. The topological polar surface area (TPSA) is 71.8 Å². The van der Waals surface area contributed by atoms with E-state index < -0.39 is 0 Å². The van der Waals surface area contributed by atoms with Crippen molar-refractivity contribution in [2.24, 2.45) is 0 Å². The zero-order chi connectivity index (χ0) is 17.4. The Labute approximate surface area is 145 Å². The van der Waals surface area contributed by atoms with E-state index in [1.807, 2.05) is 0 Å². The number of hydrogen-bond donors (Lipinski definition) is 1. The van der Waals surface area contributed by atoms with E-state index in [0.29, 0.717) is 36.0 Å². The number of benzene rings is 1. The highest BCUT2D eigenvalue weighted by Gasteiger charge is 2.16. The maximum atomic E-state index is 12.4. The summed E-state index contributed by atoms with van der Waals surface area (Å²) in [5.41, 5.74) is 0.407. The normalized spacial score (nSPS) is 10.4. The van der Waals surface area contributed by atoms with Crippen LogP contribution in [0.4, 0.5) is 0 Å². The zero-order valence-electron chi connectivity index (χ0n) is 13.3. The molecule has 0 aliphatic carbocycles. The molecule has 0 spiro atoms. The van der Waals surface area contributed by atoms with Crippen LogP contribution in [-0.2, 0) is 16.1 Å². The summed E-state index contributed by atoms with van der Waals surface area (Å²) < 4.78 is 10.3. The molecule has 0 aliphatic heterocycles. The van der Waals surface area contributed by atoms with Crippen LogP contribution in [-0.4, -0.2) is 43.5 Å². The van der Waals surface area contributed by atoms with Gasteiger partial charge in [-0.2, -0.15) is 0 Å². The summed E-state index contributed by atoms with van der Waals surface area (Å²) in [6.45, 7) is 1.01. The highest BCUT2D eigenvalue weighted by Crippen LogP contribution is 2.10. The van der Waals surface area contributed by atoms with Crippen LogP contribution in [0.2, 0.25) is 5.02 Å². The molecule has 1 heterocycles. The monoisotopic (exact) mass is 350 g/mol. The third kappa shape index (κ3) is 5.40. The van der Waals surface area contributed by atoms with Gasteiger partial charge in [-0.3, -0.25) is 9.59 Å². The van der Waals surface area contributed by atoms with Crippen molar-refractivity contribution >= 4 is 23.4 Å². The van der Waals surface area contributed by atoms with Crippen molar-refractivity contribution in [3.8, 4) is 0 Å². The maximum absolute atomic E-state index is 12.4. The van der Waals surface area contributed by atoms with Gasteiger partial charge in [0.1, 0.15) is 5.76 Å². The number of carbonyl (C=O) groups is 2. The smallest absolute Gasteiger partial charge is 0.251 e. The molecule has 6 nitrogen and oxygen atoms in total. The molecule has 24 heavy (non-hydrogen) atoms. The first-order chi connectivity index (χ1) is 11.6. The van der Waals surface area contributed by atoms with E-state index in [1.165, 1.54) is 0 Å². The lowest BCUT2D eigenvalue weighted by Crippen LogP contribution is -2.41. The standard InChI is InChI=1S/C17H19ClN2O4/c1-23-9-7-20(12-15-6-3-8-24-15)16(21)11-19-17(22)13-4-2-5-14(18)10-13/h2-6,8,10H,7,9,11-12H2,1H3,(H,19,22). The van der Waals surface area contributed by atoms with Gasteiger partial charge in [-0.15, -0.1) is 0 Å². The molecule has 0 radical (unpaired) electrons. The van der Waals surface area contributed by atoms with Crippen molar-refractivity contribution in [2.45, 2.75) is 6.54 Å². The summed E-state index contributed by atoms with van der Waals surface area (Å²) >= 11 is 5.86. The molecule has 2 rings (SSSR count). The fourth-order valence-corrected chi connectivity index (χ4v) is 2.27. The van der Waals surface area contributed by atoms with Gasteiger partial charge in [0.15, 0.2) is 0 Å². The van der Waals surface area contributed by atoms with E-state index in [-0.39, 0.29) is 18.4 Å². The molecular formula is C17H19ClN2O4. The average Bonchev–Trinajstić information content (AvgIpc) is 3.09. The quantitative estimate of drug-likeness (QED) is 0.793. The highest BCUT2D eigenvalue weighted by atomic mass is 35.5. The van der Waals surface area contributed by atoms with Gasteiger partial charge in [-0.05, 0) is 30.3 Å². The van der Waals surface area contributed by atoms with Gasteiger partial charge in [0.25, 0.3) is 5.91 Å². The van der Waals surface area contributed by atoms with Crippen LogP contribution in [0.15, 0.2) is 47.1 Å². The van der Waals surface area contributed by atoms with Crippen LogP contribution in [0, 0.1) is 0 Å². The second-order valence-electron chi connectivity index (χ2n) is 5.08. The Hall–Kier alpha value is -2.31. The van der Waals surface area contributed by atoms with Gasteiger partial charge in [-0.25, -0.2) is 0 Å². The van der Waals surface area contributed by atoms with Gasteiger partial charge < -0.3 is 19.4 Å². The Morgan fingerprint density at radius 2 is 2.12 bits per heavy atom. The van der Waals surface area contributed by atoms with Crippen LogP contribution in [0.3, 0.4) is 0 Å². The Morgan fingerprint density at radius 1 is 1.29 bits per heavy atom. The van der Waals surface area contributed by atoms with Gasteiger partial charge in [0.05, 0.1) is 26.0 Å². The summed E-state index contributed by atoms with van der Waals surface area (Å²) in [5.74, 6) is 0.0926. The molecule has 0 saturated heterocycles. The van der Waals surface area contributed by atoms with Gasteiger partial charge >= 0.3 is 0 Å². The largest absolute Gasteiger partial charge is 0.467 e. The van der Waals surface area contributed by atoms with Crippen LogP contribution in [0.1, 0.15) is 16.1 Å². The van der Waals surface area contributed by atoms with E-state index in [1.54, 1.807) is 54.7 Å². The van der Waals surface area contributed by atoms with E-state index >= 15 is 0 Å². The summed E-state index contributed by atoms with van der Waals surface area (Å²) in [6.07, 6.45) is 1.55. The Bertz CT molecular complexity index is 673. The van der Waals surface area contributed by atoms with Gasteiger partial charge in [0, 0.05) is 24.2 Å². The maximum Gasteiger partial charge on any atom is 0.251 e. The van der Waals surface area contributed by atoms with Gasteiger partial charge in [0.2, 0.25) is 5.91 Å². The molecule has 0 unspecified atom stereocenters.